The number of carbonyl (C=O) groups is 1. The van der Waals surface area contributed by atoms with E-state index in [2.05, 4.69) is 44.9 Å². The van der Waals surface area contributed by atoms with E-state index in [1.807, 2.05) is 17.5 Å². The SMILES string of the molecule is CC(C)(C)c1cc(C(=O)Nc2nccs2)cc2c1OCC2(C)C. The fraction of sp³-hybridized carbons (Fsp3) is 0.444. The molecule has 0 radical (unpaired) electrons. The molecule has 122 valence electrons. The molecule has 0 atom stereocenters. The minimum atomic E-state index is -0.129. The maximum absolute atomic E-state index is 12.6. The van der Waals surface area contributed by atoms with E-state index in [9.17, 15) is 4.79 Å². The summed E-state index contributed by atoms with van der Waals surface area (Å²) in [4.78, 5) is 16.7. The van der Waals surface area contributed by atoms with E-state index in [0.29, 0.717) is 17.3 Å². The predicted molar refractivity (Wildman–Crippen MR) is 93.7 cm³/mol. The van der Waals surface area contributed by atoms with Crippen LogP contribution in [0.3, 0.4) is 0 Å². The normalized spacial score (nSPS) is 15.9. The average molecular weight is 330 g/mol. The van der Waals surface area contributed by atoms with Crippen molar-refractivity contribution in [1.29, 1.82) is 0 Å². The Morgan fingerprint density at radius 1 is 1.35 bits per heavy atom. The van der Waals surface area contributed by atoms with Crippen molar-refractivity contribution in [2.75, 3.05) is 11.9 Å². The summed E-state index contributed by atoms with van der Waals surface area (Å²) in [6.07, 6.45) is 1.68. The lowest BCUT2D eigenvalue weighted by Crippen LogP contribution is -2.20. The van der Waals surface area contributed by atoms with Crippen LogP contribution in [-0.4, -0.2) is 17.5 Å². The van der Waals surface area contributed by atoms with Gasteiger partial charge in [-0.25, -0.2) is 4.98 Å². The summed E-state index contributed by atoms with van der Waals surface area (Å²) in [5, 5.41) is 5.32. The zero-order valence-corrected chi connectivity index (χ0v) is 15.0. The molecule has 1 aromatic carbocycles. The van der Waals surface area contributed by atoms with Crippen LogP contribution in [-0.2, 0) is 10.8 Å². The Hall–Kier alpha value is -1.88. The molecule has 1 aliphatic rings. The van der Waals surface area contributed by atoms with Crippen LogP contribution < -0.4 is 10.1 Å². The lowest BCUT2D eigenvalue weighted by atomic mass is 9.79. The van der Waals surface area contributed by atoms with Crippen molar-refractivity contribution in [3.05, 3.63) is 40.4 Å². The Balaban J connectivity index is 2.07. The summed E-state index contributed by atoms with van der Waals surface area (Å²) in [5.74, 6) is 0.809. The fourth-order valence-corrected chi connectivity index (χ4v) is 3.28. The van der Waals surface area contributed by atoms with Gasteiger partial charge in [0.2, 0.25) is 0 Å². The van der Waals surface area contributed by atoms with E-state index in [-0.39, 0.29) is 16.7 Å². The first kappa shape index (κ1) is 16.0. The van der Waals surface area contributed by atoms with Crippen LogP contribution in [0.1, 0.15) is 56.1 Å². The Bertz CT molecular complexity index is 743. The zero-order chi connectivity index (χ0) is 16.8. The largest absolute Gasteiger partial charge is 0.492 e. The molecule has 0 saturated heterocycles. The van der Waals surface area contributed by atoms with E-state index in [4.69, 9.17) is 4.74 Å². The standard InChI is InChI=1S/C18H22N2O2S/c1-17(2,3)12-8-11(15(21)20-16-19-6-7-23-16)9-13-14(12)22-10-18(13,4)5/h6-9H,10H2,1-5H3,(H,19,20,21). The second-order valence-electron chi connectivity index (χ2n) is 7.61. The Labute approximate surface area is 140 Å². The van der Waals surface area contributed by atoms with Crippen LogP contribution in [0.15, 0.2) is 23.7 Å². The molecule has 1 N–H and O–H groups in total. The highest BCUT2D eigenvalue weighted by atomic mass is 32.1. The van der Waals surface area contributed by atoms with Gasteiger partial charge in [-0.1, -0.05) is 34.6 Å². The van der Waals surface area contributed by atoms with Crippen LogP contribution in [0.4, 0.5) is 5.13 Å². The quantitative estimate of drug-likeness (QED) is 0.890. The van der Waals surface area contributed by atoms with E-state index in [0.717, 1.165) is 16.9 Å². The van der Waals surface area contributed by atoms with Gasteiger partial charge in [0.15, 0.2) is 5.13 Å². The van der Waals surface area contributed by atoms with Crippen molar-refractivity contribution in [2.24, 2.45) is 0 Å². The number of ether oxygens (including phenoxy) is 1. The molecule has 0 bridgehead atoms. The number of thiazole rings is 1. The highest BCUT2D eigenvalue weighted by Crippen LogP contribution is 2.45. The fourth-order valence-electron chi connectivity index (χ4n) is 2.76. The number of amides is 1. The number of hydrogen-bond donors (Lipinski definition) is 1. The van der Waals surface area contributed by atoms with Crippen molar-refractivity contribution in [3.63, 3.8) is 0 Å². The van der Waals surface area contributed by atoms with Crippen molar-refractivity contribution in [3.8, 4) is 5.75 Å². The van der Waals surface area contributed by atoms with Crippen molar-refractivity contribution in [2.45, 2.75) is 45.4 Å². The molecule has 1 amide bonds. The molecular weight excluding hydrogens is 308 g/mol. The molecule has 0 fully saturated rings. The van der Waals surface area contributed by atoms with Crippen LogP contribution in [0, 0.1) is 0 Å². The molecule has 2 heterocycles. The molecule has 0 spiro atoms. The summed E-state index contributed by atoms with van der Waals surface area (Å²) in [7, 11) is 0. The summed E-state index contributed by atoms with van der Waals surface area (Å²) in [6, 6.07) is 3.91. The van der Waals surface area contributed by atoms with E-state index in [1.165, 1.54) is 11.3 Å². The number of carbonyl (C=O) groups excluding carboxylic acids is 1. The maximum Gasteiger partial charge on any atom is 0.257 e. The summed E-state index contributed by atoms with van der Waals surface area (Å²) in [5.41, 5.74) is 2.65. The number of fused-ring (bicyclic) bond motifs is 1. The molecule has 3 rings (SSSR count). The number of anilines is 1. The third kappa shape index (κ3) is 2.98. The first-order valence-corrected chi connectivity index (χ1v) is 8.59. The molecule has 1 aliphatic heterocycles. The molecule has 4 nitrogen and oxygen atoms in total. The number of hydrogen-bond acceptors (Lipinski definition) is 4. The van der Waals surface area contributed by atoms with E-state index < -0.39 is 0 Å². The molecule has 2 aromatic rings. The van der Waals surface area contributed by atoms with Crippen LogP contribution in [0.2, 0.25) is 0 Å². The summed E-state index contributed by atoms with van der Waals surface area (Å²) in [6.45, 7) is 11.4. The van der Waals surface area contributed by atoms with Crippen molar-refractivity contribution < 1.29 is 9.53 Å². The van der Waals surface area contributed by atoms with Gasteiger partial charge in [0.25, 0.3) is 5.91 Å². The van der Waals surface area contributed by atoms with Gasteiger partial charge in [-0.05, 0) is 17.5 Å². The van der Waals surface area contributed by atoms with Crippen LogP contribution in [0.5, 0.6) is 5.75 Å². The number of nitrogens with zero attached hydrogens (tertiary/aromatic N) is 1. The first-order chi connectivity index (χ1) is 10.7. The number of aromatic nitrogens is 1. The molecule has 0 saturated carbocycles. The van der Waals surface area contributed by atoms with Gasteiger partial charge in [-0.2, -0.15) is 0 Å². The molecule has 1 aromatic heterocycles. The van der Waals surface area contributed by atoms with Gasteiger partial charge in [0.05, 0.1) is 6.61 Å². The Kier molecular flexibility index (Phi) is 3.71. The van der Waals surface area contributed by atoms with Gasteiger partial charge in [0, 0.05) is 33.7 Å². The lowest BCUT2D eigenvalue weighted by molar-refractivity contribution is 0.102. The number of nitrogens with one attached hydrogen (secondary N) is 1. The topological polar surface area (TPSA) is 51.2 Å². The number of rotatable bonds is 2. The minimum absolute atomic E-state index is 0.0905. The smallest absolute Gasteiger partial charge is 0.257 e. The number of benzene rings is 1. The Morgan fingerprint density at radius 2 is 2.09 bits per heavy atom. The van der Waals surface area contributed by atoms with Crippen LogP contribution in [0.25, 0.3) is 0 Å². The van der Waals surface area contributed by atoms with Gasteiger partial charge in [-0.3, -0.25) is 10.1 Å². The van der Waals surface area contributed by atoms with Gasteiger partial charge in [-0.15, -0.1) is 11.3 Å². The predicted octanol–water partition coefficient (Wildman–Crippen LogP) is 4.36. The third-order valence-electron chi connectivity index (χ3n) is 4.12. The second kappa shape index (κ2) is 5.34. The van der Waals surface area contributed by atoms with Gasteiger partial charge < -0.3 is 4.74 Å². The molecule has 23 heavy (non-hydrogen) atoms. The monoisotopic (exact) mass is 330 g/mol. The summed E-state index contributed by atoms with van der Waals surface area (Å²) >= 11 is 1.41. The van der Waals surface area contributed by atoms with Gasteiger partial charge in [0.1, 0.15) is 5.75 Å². The van der Waals surface area contributed by atoms with Gasteiger partial charge >= 0.3 is 0 Å². The average Bonchev–Trinajstić information content (AvgIpc) is 3.05. The molecule has 0 aliphatic carbocycles. The van der Waals surface area contributed by atoms with E-state index in [1.54, 1.807) is 6.20 Å². The van der Waals surface area contributed by atoms with Crippen molar-refractivity contribution in [1.82, 2.24) is 4.98 Å². The highest BCUT2D eigenvalue weighted by Gasteiger charge is 2.36. The first-order valence-electron chi connectivity index (χ1n) is 7.71. The second-order valence-corrected chi connectivity index (χ2v) is 8.51. The Morgan fingerprint density at radius 3 is 2.70 bits per heavy atom. The minimum Gasteiger partial charge on any atom is -0.492 e. The van der Waals surface area contributed by atoms with E-state index >= 15 is 0 Å². The highest BCUT2D eigenvalue weighted by molar-refractivity contribution is 7.13. The molecule has 5 heteroatoms. The van der Waals surface area contributed by atoms with Crippen molar-refractivity contribution >= 4 is 22.4 Å². The lowest BCUT2D eigenvalue weighted by Gasteiger charge is -2.24. The summed E-state index contributed by atoms with van der Waals surface area (Å²) < 4.78 is 5.97. The molecule has 0 unspecified atom stereocenters. The molecular formula is C18H22N2O2S. The van der Waals surface area contributed by atoms with Crippen LogP contribution >= 0.6 is 11.3 Å². The third-order valence-corrected chi connectivity index (χ3v) is 4.81. The zero-order valence-electron chi connectivity index (χ0n) is 14.2. The maximum atomic E-state index is 12.6.